The first kappa shape index (κ1) is 24.2. The first-order valence-electron chi connectivity index (χ1n) is 10.3. The smallest absolute Gasteiger partial charge is 0.263 e. The van der Waals surface area contributed by atoms with Crippen molar-refractivity contribution in [2.24, 2.45) is 0 Å². The highest BCUT2D eigenvalue weighted by Crippen LogP contribution is 2.36. The molecule has 2 heterocycles. The lowest BCUT2D eigenvalue weighted by Crippen LogP contribution is -2.55. The Labute approximate surface area is 198 Å². The molecule has 0 spiro atoms. The second-order valence-electron chi connectivity index (χ2n) is 7.97. The second-order valence-corrected chi connectivity index (χ2v) is 9.54. The summed E-state index contributed by atoms with van der Waals surface area (Å²) in [5.74, 6) is 0. The summed E-state index contributed by atoms with van der Waals surface area (Å²) in [7, 11) is 0. The number of benzene rings is 2. The summed E-state index contributed by atoms with van der Waals surface area (Å²) in [6.45, 7) is -0.507. The Hall–Kier alpha value is -1.91. The van der Waals surface area contributed by atoms with Gasteiger partial charge in [-0.1, -0.05) is 41.9 Å². The summed E-state index contributed by atoms with van der Waals surface area (Å²) in [5, 5.41) is 40.4. The summed E-state index contributed by atoms with van der Waals surface area (Å²) in [5.41, 5.74) is 1.98. The van der Waals surface area contributed by atoms with Gasteiger partial charge in [-0.15, -0.1) is 11.3 Å². The molecule has 0 amide bonds. The van der Waals surface area contributed by atoms with Gasteiger partial charge in [0.05, 0.1) is 6.61 Å². The highest BCUT2D eigenvalue weighted by Gasteiger charge is 2.44. The molecule has 1 fully saturated rings. The van der Waals surface area contributed by atoms with E-state index in [-0.39, 0.29) is 5.56 Å². The van der Waals surface area contributed by atoms with E-state index in [4.69, 9.17) is 16.3 Å². The van der Waals surface area contributed by atoms with Crippen LogP contribution in [0.15, 0.2) is 54.6 Å². The van der Waals surface area contributed by atoms with Crippen LogP contribution < -0.4 is 0 Å². The van der Waals surface area contributed by atoms with Crippen LogP contribution in [0, 0.1) is 0 Å². The Morgan fingerprint density at radius 2 is 1.76 bits per heavy atom. The molecule has 1 aromatic heterocycles. The van der Waals surface area contributed by atoms with Gasteiger partial charge in [-0.05, 0) is 41.0 Å². The molecule has 4 rings (SSSR count). The predicted octanol–water partition coefficient (Wildman–Crippen LogP) is 4.11. The van der Waals surface area contributed by atoms with Crippen LogP contribution in [-0.4, -0.2) is 51.4 Å². The van der Waals surface area contributed by atoms with Gasteiger partial charge in [-0.25, -0.2) is 8.78 Å². The van der Waals surface area contributed by atoms with Crippen molar-refractivity contribution in [3.63, 3.8) is 0 Å². The van der Waals surface area contributed by atoms with E-state index in [1.165, 1.54) is 23.5 Å². The highest BCUT2D eigenvalue weighted by atomic mass is 35.5. The van der Waals surface area contributed by atoms with Crippen LogP contribution in [0.25, 0.3) is 10.4 Å². The summed E-state index contributed by atoms with van der Waals surface area (Å²) < 4.78 is 31.7. The van der Waals surface area contributed by atoms with Gasteiger partial charge in [0, 0.05) is 26.8 Å². The molecule has 0 aliphatic carbocycles. The van der Waals surface area contributed by atoms with E-state index < -0.39 is 43.6 Å². The Bertz CT molecular complexity index is 1110. The van der Waals surface area contributed by atoms with Gasteiger partial charge in [0.1, 0.15) is 30.5 Å². The molecule has 3 aromatic rings. The molecule has 5 atom stereocenters. The number of thiophene rings is 1. The molecule has 5 nitrogen and oxygen atoms in total. The molecule has 33 heavy (non-hydrogen) atoms. The maximum atomic E-state index is 13.0. The van der Waals surface area contributed by atoms with Gasteiger partial charge in [0.15, 0.2) is 0 Å². The lowest BCUT2D eigenvalue weighted by molar-refractivity contribution is -0.231. The minimum absolute atomic E-state index is 0.0299. The lowest BCUT2D eigenvalue weighted by Gasteiger charge is -2.40. The number of hydrogen-bond acceptors (Lipinski definition) is 6. The molecule has 9 heteroatoms. The van der Waals surface area contributed by atoms with Crippen molar-refractivity contribution in [3.05, 3.63) is 81.2 Å². The van der Waals surface area contributed by atoms with Gasteiger partial charge in [0.2, 0.25) is 0 Å². The van der Waals surface area contributed by atoms with Crippen molar-refractivity contribution < 1.29 is 33.9 Å². The number of aliphatic hydroxyl groups excluding tert-OH is 4. The summed E-state index contributed by atoms with van der Waals surface area (Å²) in [6, 6.07) is 15.1. The number of hydrogen-bond donors (Lipinski definition) is 4. The zero-order chi connectivity index (χ0) is 23.7. The average molecular weight is 497 g/mol. The van der Waals surface area contributed by atoms with Crippen molar-refractivity contribution in [1.29, 1.82) is 0 Å². The largest absolute Gasteiger partial charge is 0.394 e. The van der Waals surface area contributed by atoms with Gasteiger partial charge < -0.3 is 25.2 Å². The van der Waals surface area contributed by atoms with E-state index in [9.17, 15) is 29.2 Å². The zero-order valence-electron chi connectivity index (χ0n) is 17.3. The van der Waals surface area contributed by atoms with Crippen molar-refractivity contribution >= 4 is 22.9 Å². The van der Waals surface area contributed by atoms with E-state index in [0.29, 0.717) is 22.6 Å². The first-order chi connectivity index (χ1) is 15.8. The van der Waals surface area contributed by atoms with E-state index in [2.05, 4.69) is 0 Å². The standard InChI is InChI=1S/C24H23ClF2O5S/c25-17-6-4-13(23-22(31)21(30)20(29)18(11-28)32-23)9-15(17)10-16-5-7-19(33-16)12-2-1-3-14(8-12)24(26)27/h1-9,18,20-24,28-31H,10-11H2/t18-,20-,21+,22-,23+/m1/s1. The maximum Gasteiger partial charge on any atom is 0.263 e. The Morgan fingerprint density at radius 3 is 2.48 bits per heavy atom. The minimum atomic E-state index is -2.53. The Morgan fingerprint density at radius 1 is 0.970 bits per heavy atom. The quantitative estimate of drug-likeness (QED) is 0.412. The van der Waals surface area contributed by atoms with Crippen LogP contribution in [0.5, 0.6) is 0 Å². The normalized spacial score (nSPS) is 25.5. The molecule has 0 radical (unpaired) electrons. The lowest BCUT2D eigenvalue weighted by atomic mass is 9.90. The molecule has 176 valence electrons. The monoisotopic (exact) mass is 496 g/mol. The van der Waals surface area contributed by atoms with E-state index in [1.807, 2.05) is 12.1 Å². The molecule has 0 unspecified atom stereocenters. The minimum Gasteiger partial charge on any atom is -0.394 e. The highest BCUT2D eigenvalue weighted by molar-refractivity contribution is 7.15. The summed E-state index contributed by atoms with van der Waals surface area (Å²) in [4.78, 5) is 1.81. The van der Waals surface area contributed by atoms with Crippen LogP contribution in [0.2, 0.25) is 5.02 Å². The number of halogens is 3. The number of aliphatic hydroxyl groups is 4. The first-order valence-corrected chi connectivity index (χ1v) is 11.5. The van der Waals surface area contributed by atoms with Gasteiger partial charge in [-0.3, -0.25) is 0 Å². The fourth-order valence-corrected chi connectivity index (χ4v) is 5.14. The molecule has 1 aliphatic rings. The third-order valence-electron chi connectivity index (χ3n) is 5.74. The van der Waals surface area contributed by atoms with Crippen LogP contribution in [0.3, 0.4) is 0 Å². The van der Waals surface area contributed by atoms with Crippen molar-refractivity contribution in [2.45, 2.75) is 43.4 Å². The SMILES string of the molecule is OC[C@H]1O[C@@H](c2ccc(Cl)c(Cc3ccc(-c4cccc(C(F)F)c4)s3)c2)[C@H](O)[C@@H](O)[C@@H]1O. The van der Waals surface area contributed by atoms with Crippen LogP contribution >= 0.6 is 22.9 Å². The van der Waals surface area contributed by atoms with Gasteiger partial charge >= 0.3 is 0 Å². The fourth-order valence-electron chi connectivity index (χ4n) is 3.93. The Balaban J connectivity index is 1.57. The average Bonchev–Trinajstić information content (AvgIpc) is 3.28. The molecule has 0 bridgehead atoms. The number of rotatable bonds is 6. The molecule has 1 aliphatic heterocycles. The Kier molecular flexibility index (Phi) is 7.45. The predicted molar refractivity (Wildman–Crippen MR) is 122 cm³/mol. The van der Waals surface area contributed by atoms with Gasteiger partial charge in [0.25, 0.3) is 6.43 Å². The third-order valence-corrected chi connectivity index (χ3v) is 7.24. The molecule has 1 saturated heterocycles. The summed E-state index contributed by atoms with van der Waals surface area (Å²) >= 11 is 7.86. The van der Waals surface area contributed by atoms with E-state index in [0.717, 1.165) is 15.3 Å². The summed E-state index contributed by atoms with van der Waals surface area (Å²) in [6.07, 6.45) is -8.31. The fraction of sp³-hybridized carbons (Fsp3) is 0.333. The van der Waals surface area contributed by atoms with Crippen molar-refractivity contribution in [2.75, 3.05) is 6.61 Å². The third kappa shape index (κ3) is 5.12. The van der Waals surface area contributed by atoms with E-state index in [1.54, 1.807) is 30.3 Å². The molecule has 4 N–H and O–H groups in total. The molecule has 0 saturated carbocycles. The van der Waals surface area contributed by atoms with Crippen LogP contribution in [0.4, 0.5) is 8.78 Å². The van der Waals surface area contributed by atoms with E-state index >= 15 is 0 Å². The van der Waals surface area contributed by atoms with Crippen LogP contribution in [-0.2, 0) is 11.2 Å². The number of ether oxygens (including phenoxy) is 1. The zero-order valence-corrected chi connectivity index (χ0v) is 18.9. The topological polar surface area (TPSA) is 90.2 Å². The number of alkyl halides is 2. The molecular weight excluding hydrogens is 474 g/mol. The van der Waals surface area contributed by atoms with Crippen molar-refractivity contribution in [1.82, 2.24) is 0 Å². The van der Waals surface area contributed by atoms with Crippen LogP contribution in [0.1, 0.15) is 34.1 Å². The second kappa shape index (κ2) is 10.1. The molecule has 2 aromatic carbocycles. The van der Waals surface area contributed by atoms with Gasteiger partial charge in [-0.2, -0.15) is 0 Å². The molecular formula is C24H23ClF2O5S. The van der Waals surface area contributed by atoms with Crippen molar-refractivity contribution in [3.8, 4) is 10.4 Å². The maximum absolute atomic E-state index is 13.0.